The molecule has 0 amide bonds. The van der Waals surface area contributed by atoms with E-state index in [0.717, 1.165) is 11.1 Å². The normalized spacial score (nSPS) is 13.5. The third-order valence-corrected chi connectivity index (χ3v) is 5.02. The molecule has 0 bridgehead atoms. The summed E-state index contributed by atoms with van der Waals surface area (Å²) >= 11 is 0. The van der Waals surface area contributed by atoms with Crippen LogP contribution in [0.3, 0.4) is 0 Å². The summed E-state index contributed by atoms with van der Waals surface area (Å²) in [4.78, 5) is 0.397. The maximum atomic E-state index is 12.4. The fourth-order valence-electron chi connectivity index (χ4n) is 2.09. The van der Waals surface area contributed by atoms with Crippen LogP contribution in [0.4, 0.5) is 0 Å². The topological polar surface area (TPSA) is 66.4 Å². The van der Waals surface area contributed by atoms with Crippen LogP contribution in [0.15, 0.2) is 23.1 Å². The lowest BCUT2D eigenvalue weighted by Gasteiger charge is -2.17. The molecule has 1 aromatic carbocycles. The summed E-state index contributed by atoms with van der Waals surface area (Å²) in [5.41, 5.74) is 1.70. The first-order valence-electron chi connectivity index (χ1n) is 6.55. The standard InChI is InChI=1S/C14H23NO3S/c1-4-15-13(7-8-16)10-19(17,18)14-9-11(2)5-6-12(14)3/h5-6,9,13,15-16H,4,7-8,10H2,1-3H3. The minimum atomic E-state index is -3.33. The van der Waals surface area contributed by atoms with E-state index in [0.29, 0.717) is 17.9 Å². The molecule has 0 aliphatic heterocycles. The summed E-state index contributed by atoms with van der Waals surface area (Å²) in [6.07, 6.45) is 0.442. The number of hydrogen-bond acceptors (Lipinski definition) is 4. The Hall–Kier alpha value is -0.910. The van der Waals surface area contributed by atoms with Crippen LogP contribution in [0.1, 0.15) is 24.5 Å². The number of benzene rings is 1. The third-order valence-electron chi connectivity index (χ3n) is 3.07. The van der Waals surface area contributed by atoms with Gasteiger partial charge in [0.15, 0.2) is 9.84 Å². The molecule has 0 spiro atoms. The van der Waals surface area contributed by atoms with Gasteiger partial charge < -0.3 is 10.4 Å². The van der Waals surface area contributed by atoms with Gasteiger partial charge in [0.05, 0.1) is 10.6 Å². The Kier molecular flexibility index (Phi) is 5.97. The van der Waals surface area contributed by atoms with Crippen LogP contribution in [-0.4, -0.2) is 38.5 Å². The van der Waals surface area contributed by atoms with Crippen LogP contribution >= 0.6 is 0 Å². The Morgan fingerprint density at radius 2 is 2.00 bits per heavy atom. The van der Waals surface area contributed by atoms with Gasteiger partial charge in [0, 0.05) is 12.6 Å². The number of rotatable bonds is 7. The Bertz CT molecular complexity index is 505. The van der Waals surface area contributed by atoms with Gasteiger partial charge in [-0.1, -0.05) is 19.1 Å². The van der Waals surface area contributed by atoms with Gasteiger partial charge >= 0.3 is 0 Å². The van der Waals surface area contributed by atoms with Gasteiger partial charge in [-0.15, -0.1) is 0 Å². The summed E-state index contributed by atoms with van der Waals surface area (Å²) in [7, 11) is -3.33. The SMILES string of the molecule is CCNC(CCO)CS(=O)(=O)c1cc(C)ccc1C. The first-order chi connectivity index (χ1) is 8.90. The average Bonchev–Trinajstić information content (AvgIpc) is 2.32. The molecular formula is C14H23NO3S. The van der Waals surface area contributed by atoms with Crippen molar-refractivity contribution in [3.8, 4) is 0 Å². The smallest absolute Gasteiger partial charge is 0.180 e. The van der Waals surface area contributed by atoms with Gasteiger partial charge in [-0.2, -0.15) is 0 Å². The fraction of sp³-hybridized carbons (Fsp3) is 0.571. The van der Waals surface area contributed by atoms with Crippen LogP contribution in [-0.2, 0) is 9.84 Å². The molecule has 19 heavy (non-hydrogen) atoms. The van der Waals surface area contributed by atoms with E-state index in [-0.39, 0.29) is 18.4 Å². The van der Waals surface area contributed by atoms with E-state index in [9.17, 15) is 8.42 Å². The zero-order chi connectivity index (χ0) is 14.5. The Labute approximate surface area is 115 Å². The van der Waals surface area contributed by atoms with Gasteiger partial charge in [-0.3, -0.25) is 0 Å². The van der Waals surface area contributed by atoms with Crippen molar-refractivity contribution < 1.29 is 13.5 Å². The molecule has 108 valence electrons. The second-order valence-electron chi connectivity index (χ2n) is 4.82. The molecule has 0 aromatic heterocycles. The van der Waals surface area contributed by atoms with Crippen molar-refractivity contribution in [2.75, 3.05) is 18.9 Å². The van der Waals surface area contributed by atoms with Crippen molar-refractivity contribution in [2.24, 2.45) is 0 Å². The molecule has 2 N–H and O–H groups in total. The molecule has 1 unspecified atom stereocenters. The molecule has 0 fully saturated rings. The maximum Gasteiger partial charge on any atom is 0.180 e. The Morgan fingerprint density at radius 3 is 2.58 bits per heavy atom. The molecule has 1 aromatic rings. The summed E-state index contributed by atoms with van der Waals surface area (Å²) in [6, 6.07) is 5.24. The molecule has 1 atom stereocenters. The van der Waals surface area contributed by atoms with E-state index in [1.165, 1.54) is 0 Å². The minimum absolute atomic E-state index is 0.0139. The quantitative estimate of drug-likeness (QED) is 0.795. The summed E-state index contributed by atoms with van der Waals surface area (Å²) < 4.78 is 24.9. The second-order valence-corrected chi connectivity index (χ2v) is 6.82. The van der Waals surface area contributed by atoms with Crippen LogP contribution < -0.4 is 5.32 Å². The predicted molar refractivity (Wildman–Crippen MR) is 77.1 cm³/mol. The summed E-state index contributed by atoms with van der Waals surface area (Å²) in [5.74, 6) is 0.0195. The zero-order valence-corrected chi connectivity index (χ0v) is 12.6. The predicted octanol–water partition coefficient (Wildman–Crippen LogP) is 1.44. The van der Waals surface area contributed by atoms with E-state index < -0.39 is 9.84 Å². The first-order valence-corrected chi connectivity index (χ1v) is 8.20. The van der Waals surface area contributed by atoms with Gasteiger partial charge in [0.25, 0.3) is 0 Å². The number of hydrogen-bond donors (Lipinski definition) is 2. The van der Waals surface area contributed by atoms with Crippen LogP contribution in [0, 0.1) is 13.8 Å². The van der Waals surface area contributed by atoms with Crippen LogP contribution in [0.25, 0.3) is 0 Å². The van der Waals surface area contributed by atoms with Crippen LogP contribution in [0.2, 0.25) is 0 Å². The third kappa shape index (κ3) is 4.60. The molecular weight excluding hydrogens is 262 g/mol. The molecule has 0 aliphatic rings. The number of sulfone groups is 1. The number of nitrogens with one attached hydrogen (secondary N) is 1. The summed E-state index contributed by atoms with van der Waals surface area (Å²) in [5, 5.41) is 12.1. The molecule has 0 aliphatic carbocycles. The van der Waals surface area contributed by atoms with Gasteiger partial charge in [-0.25, -0.2) is 8.42 Å². The number of aliphatic hydroxyl groups is 1. The Morgan fingerprint density at radius 1 is 1.32 bits per heavy atom. The van der Waals surface area contributed by atoms with E-state index >= 15 is 0 Å². The van der Waals surface area contributed by atoms with Crippen molar-refractivity contribution in [3.63, 3.8) is 0 Å². The highest BCUT2D eigenvalue weighted by molar-refractivity contribution is 7.91. The van der Waals surface area contributed by atoms with Crippen molar-refractivity contribution >= 4 is 9.84 Å². The van der Waals surface area contributed by atoms with Gasteiger partial charge in [0.2, 0.25) is 0 Å². The molecule has 5 heteroatoms. The number of aliphatic hydroxyl groups excluding tert-OH is 1. The minimum Gasteiger partial charge on any atom is -0.396 e. The lowest BCUT2D eigenvalue weighted by atomic mass is 10.2. The first kappa shape index (κ1) is 16.1. The second kappa shape index (κ2) is 7.03. The molecule has 0 heterocycles. The van der Waals surface area contributed by atoms with E-state index in [1.807, 2.05) is 26.0 Å². The van der Waals surface area contributed by atoms with Crippen molar-refractivity contribution in [2.45, 2.75) is 38.1 Å². The highest BCUT2D eigenvalue weighted by Gasteiger charge is 2.22. The fourth-order valence-corrected chi connectivity index (χ4v) is 4.00. The number of aryl methyl sites for hydroxylation is 2. The largest absolute Gasteiger partial charge is 0.396 e. The lowest BCUT2D eigenvalue weighted by molar-refractivity contribution is 0.270. The highest BCUT2D eigenvalue weighted by atomic mass is 32.2. The molecule has 0 saturated heterocycles. The van der Waals surface area contributed by atoms with Gasteiger partial charge in [0.1, 0.15) is 0 Å². The van der Waals surface area contributed by atoms with E-state index in [4.69, 9.17) is 5.11 Å². The van der Waals surface area contributed by atoms with E-state index in [2.05, 4.69) is 5.32 Å². The van der Waals surface area contributed by atoms with Gasteiger partial charge in [-0.05, 0) is 44.0 Å². The van der Waals surface area contributed by atoms with Crippen molar-refractivity contribution in [1.29, 1.82) is 0 Å². The molecule has 0 radical (unpaired) electrons. The summed E-state index contributed by atoms with van der Waals surface area (Å²) in [6.45, 7) is 6.29. The highest BCUT2D eigenvalue weighted by Crippen LogP contribution is 2.19. The maximum absolute atomic E-state index is 12.4. The lowest BCUT2D eigenvalue weighted by Crippen LogP contribution is -2.36. The van der Waals surface area contributed by atoms with Crippen molar-refractivity contribution in [1.82, 2.24) is 5.32 Å². The van der Waals surface area contributed by atoms with E-state index in [1.54, 1.807) is 13.0 Å². The molecule has 1 rings (SSSR count). The monoisotopic (exact) mass is 285 g/mol. The van der Waals surface area contributed by atoms with Crippen LogP contribution in [0.5, 0.6) is 0 Å². The molecule has 4 nitrogen and oxygen atoms in total. The Balaban J connectivity index is 2.99. The average molecular weight is 285 g/mol. The molecule has 0 saturated carbocycles. The van der Waals surface area contributed by atoms with Crippen molar-refractivity contribution in [3.05, 3.63) is 29.3 Å². The zero-order valence-electron chi connectivity index (χ0n) is 11.8.